The maximum absolute atomic E-state index is 10.8. The molecule has 0 aromatic carbocycles. The number of nitriles is 1. The lowest BCUT2D eigenvalue weighted by atomic mass is 10.2. The summed E-state index contributed by atoms with van der Waals surface area (Å²) < 4.78 is 4.54. The molecule has 0 fully saturated rings. The Hall–Kier alpha value is -1.78. The monoisotopic (exact) mass is 163 g/mol. The molecular weight excluding hydrogens is 154 g/mol. The smallest absolute Gasteiger partial charge is 0.316 e. The van der Waals surface area contributed by atoms with E-state index in [1.807, 2.05) is 0 Å². The van der Waals surface area contributed by atoms with Gasteiger partial charge in [-0.05, 0) is 13.0 Å². The molecule has 0 saturated carbocycles. The number of esters is 1. The highest BCUT2D eigenvalue weighted by Crippen LogP contribution is 1.97. The summed E-state index contributed by atoms with van der Waals surface area (Å²) >= 11 is 0. The predicted molar refractivity (Wildman–Crippen MR) is 43.8 cm³/mol. The standard InChI is InChI=1S/C9H9NO2/c1-3-4-5-12-9(11)6-8(2)7-10/h3,5H,2,6H2,1H3. The number of rotatable bonds is 3. The molecule has 0 amide bonds. The van der Waals surface area contributed by atoms with E-state index in [9.17, 15) is 4.79 Å². The van der Waals surface area contributed by atoms with Crippen LogP contribution in [0.25, 0.3) is 0 Å². The van der Waals surface area contributed by atoms with Gasteiger partial charge in [-0.25, -0.2) is 0 Å². The van der Waals surface area contributed by atoms with E-state index in [1.165, 1.54) is 0 Å². The minimum absolute atomic E-state index is 0.0710. The Morgan fingerprint density at radius 1 is 1.75 bits per heavy atom. The number of hydrogen-bond acceptors (Lipinski definition) is 3. The largest absolute Gasteiger partial charge is 0.426 e. The van der Waals surface area contributed by atoms with Crippen LogP contribution in [-0.2, 0) is 9.53 Å². The van der Waals surface area contributed by atoms with Crippen LogP contribution in [0.5, 0.6) is 0 Å². The van der Waals surface area contributed by atoms with Crippen LogP contribution >= 0.6 is 0 Å². The summed E-state index contributed by atoms with van der Waals surface area (Å²) in [4.78, 5) is 10.8. The van der Waals surface area contributed by atoms with Crippen molar-refractivity contribution in [1.82, 2.24) is 0 Å². The number of nitrogens with zero attached hydrogens (tertiary/aromatic N) is 1. The number of carbonyl (C=O) groups is 1. The Labute approximate surface area is 71.3 Å². The molecule has 62 valence electrons. The molecule has 0 unspecified atom stereocenters. The first-order valence-electron chi connectivity index (χ1n) is 3.33. The van der Waals surface area contributed by atoms with Crippen LogP contribution in [-0.4, -0.2) is 5.97 Å². The van der Waals surface area contributed by atoms with E-state index in [2.05, 4.69) is 17.0 Å². The lowest BCUT2D eigenvalue weighted by Crippen LogP contribution is -1.99. The van der Waals surface area contributed by atoms with Crippen LogP contribution in [0.1, 0.15) is 13.3 Å². The summed E-state index contributed by atoms with van der Waals surface area (Å²) in [6.07, 6.45) is 2.68. The normalized spacial score (nSPS) is 7.33. The van der Waals surface area contributed by atoms with Crippen molar-refractivity contribution < 1.29 is 9.53 Å². The van der Waals surface area contributed by atoms with Crippen LogP contribution in [0.15, 0.2) is 30.2 Å². The molecule has 3 nitrogen and oxygen atoms in total. The molecule has 0 aliphatic rings. The molecule has 0 rings (SSSR count). The molecule has 0 aromatic heterocycles. The number of ether oxygens (including phenoxy) is 1. The summed E-state index contributed by atoms with van der Waals surface area (Å²) in [5.41, 5.74) is 2.75. The molecule has 0 atom stereocenters. The molecule has 0 spiro atoms. The van der Waals surface area contributed by atoms with Gasteiger partial charge < -0.3 is 4.74 Å². The molecule has 0 saturated heterocycles. The van der Waals surface area contributed by atoms with Crippen molar-refractivity contribution in [3.8, 4) is 6.07 Å². The molecule has 3 heteroatoms. The summed E-state index contributed by atoms with van der Waals surface area (Å²) in [6, 6.07) is 1.75. The quantitative estimate of drug-likeness (QED) is 0.275. The zero-order valence-electron chi connectivity index (χ0n) is 6.83. The SMILES string of the molecule is C=C(C#N)CC(=O)OC=C=CC. The minimum atomic E-state index is -0.504. The second-order valence-electron chi connectivity index (χ2n) is 1.96. The average Bonchev–Trinajstić information content (AvgIpc) is 2.05. The van der Waals surface area contributed by atoms with Gasteiger partial charge in [0.15, 0.2) is 0 Å². The summed E-state index contributed by atoms with van der Waals surface area (Å²) in [6.45, 7) is 5.09. The van der Waals surface area contributed by atoms with Gasteiger partial charge in [0, 0.05) is 5.57 Å². The van der Waals surface area contributed by atoms with E-state index in [1.54, 1.807) is 19.1 Å². The second-order valence-corrected chi connectivity index (χ2v) is 1.96. The highest BCUT2D eigenvalue weighted by molar-refractivity contribution is 5.73. The van der Waals surface area contributed by atoms with Gasteiger partial charge in [-0.3, -0.25) is 4.79 Å². The molecule has 0 N–H and O–H groups in total. The first-order chi connectivity index (χ1) is 5.70. The van der Waals surface area contributed by atoms with E-state index in [0.717, 1.165) is 6.26 Å². The first kappa shape index (κ1) is 10.2. The van der Waals surface area contributed by atoms with E-state index in [0.29, 0.717) is 0 Å². The summed E-state index contributed by atoms with van der Waals surface area (Å²) in [5, 5.41) is 8.27. The molecule has 0 aliphatic carbocycles. The number of carbonyl (C=O) groups excluding carboxylic acids is 1. The first-order valence-corrected chi connectivity index (χ1v) is 3.33. The van der Waals surface area contributed by atoms with Crippen molar-refractivity contribution in [2.75, 3.05) is 0 Å². The minimum Gasteiger partial charge on any atom is -0.426 e. The highest BCUT2D eigenvalue weighted by atomic mass is 16.5. The van der Waals surface area contributed by atoms with Crippen molar-refractivity contribution in [3.05, 3.63) is 30.2 Å². The van der Waals surface area contributed by atoms with Gasteiger partial charge in [0.1, 0.15) is 6.26 Å². The third-order valence-corrected chi connectivity index (χ3v) is 0.941. The maximum Gasteiger partial charge on any atom is 0.316 e. The zero-order valence-corrected chi connectivity index (χ0v) is 6.83. The fourth-order valence-electron chi connectivity index (χ4n) is 0.423. The van der Waals surface area contributed by atoms with Crippen LogP contribution in [0, 0.1) is 11.3 Å². The summed E-state index contributed by atoms with van der Waals surface area (Å²) in [5.74, 6) is -0.504. The molecule has 0 aromatic rings. The second kappa shape index (κ2) is 5.96. The van der Waals surface area contributed by atoms with Crippen molar-refractivity contribution in [2.45, 2.75) is 13.3 Å². The lowest BCUT2D eigenvalue weighted by Gasteiger charge is -1.93. The maximum atomic E-state index is 10.8. The van der Waals surface area contributed by atoms with Crippen molar-refractivity contribution in [3.63, 3.8) is 0 Å². The number of allylic oxidation sites excluding steroid dienone is 1. The topological polar surface area (TPSA) is 50.1 Å². The van der Waals surface area contributed by atoms with Crippen LogP contribution in [0.2, 0.25) is 0 Å². The average molecular weight is 163 g/mol. The van der Waals surface area contributed by atoms with Gasteiger partial charge in [-0.1, -0.05) is 12.3 Å². The Kier molecular flexibility index (Phi) is 5.08. The Bertz CT molecular complexity index is 277. The van der Waals surface area contributed by atoms with Gasteiger partial charge in [-0.2, -0.15) is 5.26 Å². The van der Waals surface area contributed by atoms with Crippen molar-refractivity contribution in [2.24, 2.45) is 0 Å². The van der Waals surface area contributed by atoms with E-state index in [-0.39, 0.29) is 12.0 Å². The van der Waals surface area contributed by atoms with Crippen molar-refractivity contribution in [1.29, 1.82) is 5.26 Å². The van der Waals surface area contributed by atoms with Crippen LogP contribution < -0.4 is 0 Å². The summed E-state index contributed by atoms with van der Waals surface area (Å²) in [7, 11) is 0. The molecule has 0 heterocycles. The molecule has 0 bridgehead atoms. The van der Waals surface area contributed by atoms with Gasteiger partial charge in [0.05, 0.1) is 12.5 Å². The Morgan fingerprint density at radius 2 is 2.42 bits per heavy atom. The van der Waals surface area contributed by atoms with E-state index >= 15 is 0 Å². The zero-order chi connectivity index (χ0) is 9.40. The van der Waals surface area contributed by atoms with Gasteiger partial charge in [0.2, 0.25) is 0 Å². The van der Waals surface area contributed by atoms with E-state index < -0.39 is 5.97 Å². The third kappa shape index (κ3) is 5.04. The Balaban J connectivity index is 3.85. The van der Waals surface area contributed by atoms with Gasteiger partial charge in [0.25, 0.3) is 0 Å². The lowest BCUT2D eigenvalue weighted by molar-refractivity contribution is -0.137. The van der Waals surface area contributed by atoms with E-state index in [4.69, 9.17) is 5.26 Å². The van der Waals surface area contributed by atoms with Gasteiger partial charge in [-0.15, -0.1) is 0 Å². The van der Waals surface area contributed by atoms with Crippen molar-refractivity contribution >= 4 is 5.97 Å². The third-order valence-electron chi connectivity index (χ3n) is 0.941. The predicted octanol–water partition coefficient (Wildman–Crippen LogP) is 1.69. The fraction of sp³-hybridized carbons (Fsp3) is 0.222. The number of hydrogen-bond donors (Lipinski definition) is 0. The molecule has 0 radical (unpaired) electrons. The van der Waals surface area contributed by atoms with Crippen LogP contribution in [0.4, 0.5) is 0 Å². The Morgan fingerprint density at radius 3 is 2.92 bits per heavy atom. The fourth-order valence-corrected chi connectivity index (χ4v) is 0.423. The molecular formula is C9H9NO2. The molecule has 12 heavy (non-hydrogen) atoms. The van der Waals surface area contributed by atoms with Gasteiger partial charge >= 0.3 is 5.97 Å². The molecule has 0 aliphatic heterocycles. The van der Waals surface area contributed by atoms with Crippen LogP contribution in [0.3, 0.4) is 0 Å². The highest BCUT2D eigenvalue weighted by Gasteiger charge is 2.02.